The molecule has 8 heterocycles. The topological polar surface area (TPSA) is 237 Å². The number of rotatable bonds is 12. The van der Waals surface area contributed by atoms with Crippen LogP contribution in [0.5, 0.6) is 0 Å². The third-order valence-electron chi connectivity index (χ3n) is 12.8. The van der Waals surface area contributed by atoms with E-state index in [-0.39, 0.29) is 28.7 Å². The van der Waals surface area contributed by atoms with Gasteiger partial charge < -0.3 is 36.2 Å². The largest absolute Gasteiger partial charge is 0.444 e. The summed E-state index contributed by atoms with van der Waals surface area (Å²) in [6.45, 7) is 27.1. The van der Waals surface area contributed by atoms with E-state index < -0.39 is 5.60 Å². The lowest BCUT2D eigenvalue weighted by atomic mass is 9.98. The first kappa shape index (κ1) is 55.8. The Kier molecular flexibility index (Phi) is 16.4. The number of nitrogens with one attached hydrogen (secondary N) is 5. The van der Waals surface area contributed by atoms with Crippen LogP contribution in [0.15, 0.2) is 85.5 Å². The van der Waals surface area contributed by atoms with Crippen molar-refractivity contribution in [1.82, 2.24) is 70.3 Å². The SMILES string of the molecule is Cc1cc(-c2ccnc(Nc3cc4n(n3)CCN(C(=O)OC(C)(C)C)C4)n2)ccc1CNC(=O)c1cnc(C(C)(C)C)s1.Cc1cc(-c2ccnc(Nc3cc4n(n3)CCNC4)n2)ccc1CNC(=O)c1cnc(C(C)(C)C)s1. The molecule has 2 aromatic carbocycles. The molecule has 0 saturated carbocycles. The van der Waals surface area contributed by atoms with Gasteiger partial charge in [-0.25, -0.2) is 34.7 Å². The fraction of sp³-hybridized carbons (Fsp3) is 0.386. The summed E-state index contributed by atoms with van der Waals surface area (Å²) in [5, 5.41) is 26.9. The molecule has 3 amide bonds. The van der Waals surface area contributed by atoms with E-state index in [9.17, 15) is 14.4 Å². The second-order valence-corrected chi connectivity index (χ2v) is 24.6. The second kappa shape index (κ2) is 23.2. The predicted octanol–water partition coefficient (Wildman–Crippen LogP) is 10.0. The highest BCUT2D eigenvalue weighted by atomic mass is 32.1. The van der Waals surface area contributed by atoms with Crippen LogP contribution < -0.4 is 26.6 Å². The summed E-state index contributed by atoms with van der Waals surface area (Å²) >= 11 is 2.87. The summed E-state index contributed by atoms with van der Waals surface area (Å²) in [5.74, 6) is 2.05. The monoisotopic (exact) mass is 1100 g/mol. The molecule has 0 bridgehead atoms. The zero-order chi connectivity index (χ0) is 56.2. The smallest absolute Gasteiger partial charge is 0.410 e. The van der Waals surface area contributed by atoms with Gasteiger partial charge in [-0.2, -0.15) is 10.2 Å². The molecule has 6 aromatic heterocycles. The molecule has 22 heteroatoms. The van der Waals surface area contributed by atoms with Crippen LogP contribution in [0.2, 0.25) is 0 Å². The van der Waals surface area contributed by atoms with Gasteiger partial charge in [-0.3, -0.25) is 19.0 Å². The van der Waals surface area contributed by atoms with Crippen LogP contribution in [0.4, 0.5) is 28.3 Å². The number of carbonyl (C=O) groups is 3. The van der Waals surface area contributed by atoms with Crippen molar-refractivity contribution in [2.75, 3.05) is 23.7 Å². The van der Waals surface area contributed by atoms with Gasteiger partial charge in [-0.15, -0.1) is 22.7 Å². The van der Waals surface area contributed by atoms with Gasteiger partial charge in [-0.1, -0.05) is 65.8 Å². The summed E-state index contributed by atoms with van der Waals surface area (Å²) in [4.78, 5) is 67.7. The summed E-state index contributed by atoms with van der Waals surface area (Å²) in [7, 11) is 0. The standard InChI is InChI=1S/C31H38N8O3S.C26H30N8OS/c1-19-14-20(8-9-21(19)16-33-26(40)24-17-34-27(43-24)30(2,3)4)23-10-11-32-28(35-23)36-25-15-22-18-38(12-13-39(22)37-25)29(41)42-31(5,6)7;1-16-11-17(5-6-18(16)13-29-23(35)21-15-30-24(36-21)26(2,3)4)20-7-8-28-25(31-20)32-22-12-19-14-27-9-10-34(19)33-22/h8-11,14-15,17H,12-13,16,18H2,1-7H3,(H,33,40)(H,32,35,36,37);5-8,11-12,15,27H,9-10,13-14H2,1-4H3,(H,29,35)(H,28,31,32,33). The van der Waals surface area contributed by atoms with Crippen molar-refractivity contribution in [2.24, 2.45) is 0 Å². The zero-order valence-corrected chi connectivity index (χ0v) is 48.2. The van der Waals surface area contributed by atoms with Crippen molar-refractivity contribution in [3.8, 4) is 22.5 Å². The number of benzene rings is 2. The minimum atomic E-state index is -0.544. The van der Waals surface area contributed by atoms with Crippen molar-refractivity contribution < 1.29 is 19.1 Å². The molecule has 0 atom stereocenters. The van der Waals surface area contributed by atoms with E-state index in [4.69, 9.17) is 9.72 Å². The third-order valence-corrected chi connectivity index (χ3v) is 15.7. The third kappa shape index (κ3) is 14.2. The minimum Gasteiger partial charge on any atom is -0.444 e. The van der Waals surface area contributed by atoms with Gasteiger partial charge >= 0.3 is 6.09 Å². The summed E-state index contributed by atoms with van der Waals surface area (Å²) < 4.78 is 9.40. The molecule has 0 spiro atoms. The van der Waals surface area contributed by atoms with Gasteiger partial charge in [-0.05, 0) is 81.1 Å². The number of hydrogen-bond acceptors (Lipinski definition) is 17. The van der Waals surface area contributed by atoms with Gasteiger partial charge in [0.05, 0.1) is 64.8 Å². The quantitative estimate of drug-likeness (QED) is 0.0765. The van der Waals surface area contributed by atoms with E-state index >= 15 is 0 Å². The van der Waals surface area contributed by atoms with Crippen molar-refractivity contribution in [1.29, 1.82) is 0 Å². The Morgan fingerprint density at radius 2 is 1.11 bits per heavy atom. The van der Waals surface area contributed by atoms with E-state index in [1.54, 1.807) is 29.7 Å². The van der Waals surface area contributed by atoms with Crippen molar-refractivity contribution in [3.05, 3.63) is 139 Å². The lowest BCUT2D eigenvalue weighted by Crippen LogP contribution is -2.41. The minimum absolute atomic E-state index is 0.0679. The molecule has 412 valence electrons. The van der Waals surface area contributed by atoms with Crippen LogP contribution in [0.3, 0.4) is 0 Å². The molecule has 0 radical (unpaired) electrons. The number of carbonyl (C=O) groups excluding carboxylic acids is 3. The average molecular weight is 1110 g/mol. The Hall–Kier alpha value is -7.95. The molecule has 8 aromatic rings. The molecule has 0 fully saturated rings. The Bertz CT molecular complexity index is 3480. The first-order chi connectivity index (χ1) is 37.5. The number of nitrogens with zero attached hydrogens (tertiary/aromatic N) is 11. The normalized spacial score (nSPS) is 13.4. The maximum atomic E-state index is 12.7. The van der Waals surface area contributed by atoms with Gasteiger partial charge in [0.15, 0.2) is 11.6 Å². The molecule has 2 aliphatic rings. The number of hydrogen-bond donors (Lipinski definition) is 5. The van der Waals surface area contributed by atoms with E-state index in [1.807, 2.05) is 92.5 Å². The molecule has 0 unspecified atom stereocenters. The van der Waals surface area contributed by atoms with Crippen LogP contribution in [0.25, 0.3) is 22.5 Å². The van der Waals surface area contributed by atoms with Gasteiger partial charge in [0.1, 0.15) is 15.4 Å². The summed E-state index contributed by atoms with van der Waals surface area (Å²) in [5.41, 5.74) is 9.04. The van der Waals surface area contributed by atoms with Crippen LogP contribution in [0.1, 0.15) is 125 Å². The summed E-state index contributed by atoms with van der Waals surface area (Å²) in [6, 6.07) is 19.9. The Balaban J connectivity index is 0.000000195. The van der Waals surface area contributed by atoms with E-state index in [0.717, 1.165) is 91.6 Å². The van der Waals surface area contributed by atoms with Crippen LogP contribution in [0, 0.1) is 13.8 Å². The Labute approximate surface area is 468 Å². The molecule has 0 aliphatic carbocycles. The number of ether oxygens (including phenoxy) is 1. The predicted molar refractivity (Wildman–Crippen MR) is 308 cm³/mol. The van der Waals surface area contributed by atoms with Crippen molar-refractivity contribution >= 4 is 64.1 Å². The highest BCUT2D eigenvalue weighted by Crippen LogP contribution is 2.30. The lowest BCUT2D eigenvalue weighted by Gasteiger charge is -2.30. The molecule has 2 aliphatic heterocycles. The van der Waals surface area contributed by atoms with E-state index in [1.165, 1.54) is 22.7 Å². The maximum absolute atomic E-state index is 12.7. The first-order valence-corrected chi connectivity index (χ1v) is 27.9. The molecule has 79 heavy (non-hydrogen) atoms. The fourth-order valence-corrected chi connectivity index (χ4v) is 10.3. The first-order valence-electron chi connectivity index (χ1n) is 26.2. The number of amides is 3. The molecular weight excluding hydrogens is 1040 g/mol. The lowest BCUT2D eigenvalue weighted by molar-refractivity contribution is 0.0194. The van der Waals surface area contributed by atoms with Gasteiger partial charge in [0.2, 0.25) is 11.9 Å². The molecular formula is C57H68N16O4S2. The number of anilines is 4. The highest BCUT2D eigenvalue weighted by Gasteiger charge is 2.28. The maximum Gasteiger partial charge on any atom is 0.410 e. The second-order valence-electron chi connectivity index (χ2n) is 22.6. The van der Waals surface area contributed by atoms with Gasteiger partial charge in [0.25, 0.3) is 11.8 Å². The van der Waals surface area contributed by atoms with Crippen LogP contribution >= 0.6 is 22.7 Å². The average Bonchev–Trinajstić information content (AvgIpc) is 4.32. The van der Waals surface area contributed by atoms with E-state index in [2.05, 4.69) is 115 Å². The molecule has 20 nitrogen and oxygen atoms in total. The van der Waals surface area contributed by atoms with Crippen molar-refractivity contribution in [3.63, 3.8) is 0 Å². The van der Waals surface area contributed by atoms with Crippen LogP contribution in [-0.4, -0.2) is 91.0 Å². The molecule has 0 saturated heterocycles. The highest BCUT2D eigenvalue weighted by molar-refractivity contribution is 7.14. The molecule has 5 N–H and O–H groups in total. The van der Waals surface area contributed by atoms with Crippen LogP contribution in [-0.2, 0) is 54.8 Å². The number of fused-ring (bicyclic) bond motifs is 2. The van der Waals surface area contributed by atoms with E-state index in [0.29, 0.717) is 60.2 Å². The van der Waals surface area contributed by atoms with Crippen molar-refractivity contribution in [2.45, 2.75) is 132 Å². The number of thiazole rings is 2. The Morgan fingerprint density at radius 1 is 0.620 bits per heavy atom. The van der Waals surface area contributed by atoms with Gasteiger partial charge in [0, 0.05) is 79.2 Å². The zero-order valence-electron chi connectivity index (χ0n) is 46.6. The fourth-order valence-electron chi connectivity index (χ4n) is 8.54. The Morgan fingerprint density at radius 3 is 1.57 bits per heavy atom. The number of aryl methyl sites for hydroxylation is 2. The number of aromatic nitrogens is 10. The summed E-state index contributed by atoms with van der Waals surface area (Å²) in [6.07, 6.45) is 6.42. The molecule has 10 rings (SSSR count).